The van der Waals surface area contributed by atoms with E-state index < -0.39 is 0 Å². The zero-order chi connectivity index (χ0) is 28.6. The molecule has 0 unspecified atom stereocenters. The molecule has 0 radical (unpaired) electrons. The highest BCUT2D eigenvalue weighted by Gasteiger charge is 2.21. The van der Waals surface area contributed by atoms with Crippen LogP contribution in [-0.4, -0.2) is 81.2 Å². The van der Waals surface area contributed by atoms with Crippen molar-refractivity contribution in [1.82, 2.24) is 14.9 Å². The van der Waals surface area contributed by atoms with E-state index in [-0.39, 0.29) is 23.6 Å². The van der Waals surface area contributed by atoms with Gasteiger partial charge in [0.05, 0.1) is 38.4 Å². The Morgan fingerprint density at radius 1 is 0.900 bits per heavy atom. The molecule has 1 aromatic heterocycles. The summed E-state index contributed by atoms with van der Waals surface area (Å²) >= 11 is 0. The van der Waals surface area contributed by atoms with Gasteiger partial charge in [0.1, 0.15) is 11.6 Å². The molecule has 3 aromatic rings. The van der Waals surface area contributed by atoms with E-state index >= 15 is 0 Å². The molecular formula is C28H33N7O5. The number of carbonyl (C=O) groups is 2. The molecule has 210 valence electrons. The molecule has 1 aliphatic heterocycles. The number of nitrogens with one attached hydrogen (secondary N) is 3. The first-order chi connectivity index (χ1) is 19.3. The normalized spacial score (nSPS) is 13.2. The molecule has 4 rings (SSSR count). The van der Waals surface area contributed by atoms with Crippen LogP contribution in [0.15, 0.2) is 55.3 Å². The maximum atomic E-state index is 12.9. The molecule has 12 nitrogen and oxygen atoms in total. The summed E-state index contributed by atoms with van der Waals surface area (Å²) in [5.41, 5.74) is 2.33. The van der Waals surface area contributed by atoms with Crippen molar-refractivity contribution in [2.45, 2.75) is 0 Å². The van der Waals surface area contributed by atoms with Crippen LogP contribution < -0.4 is 35.1 Å². The number of hydrogen-bond acceptors (Lipinski definition) is 10. The predicted molar refractivity (Wildman–Crippen MR) is 154 cm³/mol. The maximum absolute atomic E-state index is 12.9. The van der Waals surface area contributed by atoms with Gasteiger partial charge in [-0.3, -0.25) is 9.59 Å². The average Bonchev–Trinajstić information content (AvgIpc) is 2.97. The van der Waals surface area contributed by atoms with E-state index in [1.165, 1.54) is 26.5 Å². The number of methoxy groups -OCH3 is 3. The van der Waals surface area contributed by atoms with Crippen molar-refractivity contribution in [2.75, 3.05) is 75.4 Å². The molecular weight excluding hydrogens is 514 g/mol. The maximum Gasteiger partial charge on any atom is 0.256 e. The monoisotopic (exact) mass is 547 g/mol. The predicted octanol–water partition coefficient (Wildman–Crippen LogP) is 3.37. The molecule has 2 amide bonds. The van der Waals surface area contributed by atoms with Crippen LogP contribution in [0, 0.1) is 0 Å². The van der Waals surface area contributed by atoms with Crippen LogP contribution >= 0.6 is 0 Å². The molecule has 0 atom stereocenters. The van der Waals surface area contributed by atoms with Crippen LogP contribution in [0.3, 0.4) is 0 Å². The first-order valence-electron chi connectivity index (χ1n) is 12.6. The summed E-state index contributed by atoms with van der Waals surface area (Å²) in [6.45, 7) is 6.96. The minimum atomic E-state index is -0.380. The third kappa shape index (κ3) is 6.59. The van der Waals surface area contributed by atoms with Gasteiger partial charge in [-0.05, 0) is 43.5 Å². The van der Waals surface area contributed by atoms with Gasteiger partial charge in [-0.15, -0.1) is 0 Å². The first-order valence-corrected chi connectivity index (χ1v) is 12.6. The van der Waals surface area contributed by atoms with Crippen LogP contribution in [0.4, 0.5) is 28.8 Å². The molecule has 1 saturated heterocycles. The number of nitrogens with zero attached hydrogens (tertiary/aromatic N) is 4. The van der Waals surface area contributed by atoms with Gasteiger partial charge in [0.2, 0.25) is 11.9 Å². The van der Waals surface area contributed by atoms with Crippen molar-refractivity contribution in [2.24, 2.45) is 0 Å². The number of likely N-dealkylation sites (N-methyl/N-ethyl adjacent to an activating group) is 1. The lowest BCUT2D eigenvalue weighted by Crippen LogP contribution is -2.44. The van der Waals surface area contributed by atoms with Crippen LogP contribution in [0.5, 0.6) is 17.2 Å². The highest BCUT2D eigenvalue weighted by Crippen LogP contribution is 2.38. The van der Waals surface area contributed by atoms with Gasteiger partial charge in [-0.1, -0.05) is 6.58 Å². The number of ether oxygens (including phenoxy) is 3. The molecule has 2 heterocycles. The Kier molecular flexibility index (Phi) is 9.02. The largest absolute Gasteiger partial charge is 0.494 e. The quantitative estimate of drug-likeness (QED) is 0.325. The molecule has 1 aliphatic rings. The van der Waals surface area contributed by atoms with Gasteiger partial charge in [-0.25, -0.2) is 4.98 Å². The number of hydrogen-bond donors (Lipinski definition) is 3. The first kappa shape index (κ1) is 28.2. The Labute approximate surface area is 233 Å². The Balaban J connectivity index is 1.58. The molecule has 0 aliphatic carbocycles. The standard InChI is InChI=1S/C28H33N7O5/c1-6-26(36)30-19-16-20(23(39-4)17-21(19)35-13-11-34(2)12-14-35)31-28-29-10-9-25(33-28)32-27(37)18-7-8-22(38-3)24(15-18)40-5/h6-10,15-17H,1,11-14H2,2-5H3,(H,30,36)(H2,29,31,32,33,37). The summed E-state index contributed by atoms with van der Waals surface area (Å²) in [5, 5.41) is 8.80. The summed E-state index contributed by atoms with van der Waals surface area (Å²) in [6, 6.07) is 10.1. The van der Waals surface area contributed by atoms with Crippen molar-refractivity contribution < 1.29 is 23.8 Å². The molecule has 1 fully saturated rings. The van der Waals surface area contributed by atoms with Gasteiger partial charge in [-0.2, -0.15) is 4.98 Å². The van der Waals surface area contributed by atoms with Crippen molar-refractivity contribution >= 4 is 40.6 Å². The Hall–Kier alpha value is -4.84. The van der Waals surface area contributed by atoms with Crippen molar-refractivity contribution in [3.8, 4) is 17.2 Å². The van der Waals surface area contributed by atoms with Crippen LogP contribution in [0.2, 0.25) is 0 Å². The minimum absolute atomic E-state index is 0.219. The SMILES string of the molecule is C=CC(=O)Nc1cc(Nc2nccc(NC(=O)c3ccc(OC)c(OC)c3)n2)c(OC)cc1N1CCN(C)CC1. The van der Waals surface area contributed by atoms with E-state index in [9.17, 15) is 9.59 Å². The summed E-state index contributed by atoms with van der Waals surface area (Å²) in [4.78, 5) is 38.3. The number of piperazine rings is 1. The highest BCUT2D eigenvalue weighted by atomic mass is 16.5. The fourth-order valence-corrected chi connectivity index (χ4v) is 4.20. The Morgan fingerprint density at radius 3 is 2.30 bits per heavy atom. The lowest BCUT2D eigenvalue weighted by Gasteiger charge is -2.35. The number of carbonyl (C=O) groups excluding carboxylic acids is 2. The van der Waals surface area contributed by atoms with Crippen molar-refractivity contribution in [3.63, 3.8) is 0 Å². The molecule has 0 spiro atoms. The lowest BCUT2D eigenvalue weighted by molar-refractivity contribution is -0.111. The second-order valence-corrected chi connectivity index (χ2v) is 8.97. The summed E-state index contributed by atoms with van der Waals surface area (Å²) < 4.78 is 16.2. The van der Waals surface area contributed by atoms with Gasteiger partial charge in [0.15, 0.2) is 11.5 Å². The number of amides is 2. The smallest absolute Gasteiger partial charge is 0.256 e. The van der Waals surface area contributed by atoms with Crippen LogP contribution in [0.1, 0.15) is 10.4 Å². The number of aromatic nitrogens is 2. The fourth-order valence-electron chi connectivity index (χ4n) is 4.20. The highest BCUT2D eigenvalue weighted by molar-refractivity contribution is 6.04. The second-order valence-electron chi connectivity index (χ2n) is 8.97. The molecule has 0 bridgehead atoms. The third-order valence-corrected chi connectivity index (χ3v) is 6.39. The van der Waals surface area contributed by atoms with E-state index in [1.807, 2.05) is 6.07 Å². The van der Waals surface area contributed by atoms with Crippen molar-refractivity contribution in [1.29, 1.82) is 0 Å². The van der Waals surface area contributed by atoms with Gasteiger partial charge in [0.25, 0.3) is 5.91 Å². The summed E-state index contributed by atoms with van der Waals surface area (Å²) in [6.07, 6.45) is 2.74. The number of rotatable bonds is 10. The lowest BCUT2D eigenvalue weighted by atomic mass is 10.1. The molecule has 0 saturated carbocycles. The minimum Gasteiger partial charge on any atom is -0.494 e. The second kappa shape index (κ2) is 12.8. The molecule has 2 aromatic carbocycles. The fraction of sp³-hybridized carbons (Fsp3) is 0.286. The number of anilines is 5. The van der Waals surface area contributed by atoms with Crippen molar-refractivity contribution in [3.05, 3.63) is 60.8 Å². The van der Waals surface area contributed by atoms with Crippen LogP contribution in [-0.2, 0) is 4.79 Å². The molecule has 3 N–H and O–H groups in total. The van der Waals surface area contributed by atoms with Gasteiger partial charge < -0.3 is 40.0 Å². The van der Waals surface area contributed by atoms with E-state index in [1.54, 1.807) is 37.4 Å². The summed E-state index contributed by atoms with van der Waals surface area (Å²) in [7, 11) is 6.67. The third-order valence-electron chi connectivity index (χ3n) is 6.39. The topological polar surface area (TPSA) is 130 Å². The van der Waals surface area contributed by atoms with E-state index in [0.29, 0.717) is 34.2 Å². The van der Waals surface area contributed by atoms with Gasteiger partial charge in [0, 0.05) is 44.0 Å². The van der Waals surface area contributed by atoms with E-state index in [4.69, 9.17) is 14.2 Å². The zero-order valence-corrected chi connectivity index (χ0v) is 23.0. The molecule has 12 heteroatoms. The van der Waals surface area contributed by atoms with E-state index in [0.717, 1.165) is 31.9 Å². The average molecular weight is 548 g/mol. The Morgan fingerprint density at radius 2 is 1.62 bits per heavy atom. The molecule has 40 heavy (non-hydrogen) atoms. The van der Waals surface area contributed by atoms with Gasteiger partial charge >= 0.3 is 0 Å². The van der Waals surface area contributed by atoms with Crippen LogP contribution in [0.25, 0.3) is 0 Å². The Bertz CT molecular complexity index is 1390. The zero-order valence-electron chi connectivity index (χ0n) is 23.0. The van der Waals surface area contributed by atoms with E-state index in [2.05, 4.69) is 49.3 Å². The number of benzene rings is 2. The summed E-state index contributed by atoms with van der Waals surface area (Å²) in [5.74, 6) is 1.28.